The molecular weight excluding hydrogens is 379 g/mol. The first-order valence-corrected chi connectivity index (χ1v) is 8.44. The number of rotatable bonds is 4. The van der Waals surface area contributed by atoms with Crippen LogP contribution in [-0.4, -0.2) is 31.5 Å². The Balaban J connectivity index is 1.64. The third kappa shape index (κ3) is 4.14. The maximum Gasteiger partial charge on any atom is 0.416 e. The lowest BCUT2D eigenvalue weighted by atomic mass is 10.2. The Morgan fingerprint density at radius 1 is 1.36 bits per heavy atom. The number of halogens is 3. The molecule has 0 aliphatic rings. The van der Waals surface area contributed by atoms with Crippen LogP contribution < -0.4 is 10.9 Å². The summed E-state index contributed by atoms with van der Waals surface area (Å²) in [6.45, 7) is 0. The zero-order chi connectivity index (χ0) is 18.0. The summed E-state index contributed by atoms with van der Waals surface area (Å²) in [5.74, 6) is -0.583. The van der Waals surface area contributed by atoms with Crippen molar-refractivity contribution in [1.82, 2.24) is 19.8 Å². The Labute approximate surface area is 145 Å². The standard InChI is InChI=1S/C13H8F3N5O2S2/c14-13(15,16)7-2-1-3-8(4-7)18-9(22)6-24-12-20-21-10(23)5-17-19-11(21)25-12/h1-5H,6H2,(H,18,22). The van der Waals surface area contributed by atoms with Crippen LogP contribution in [0.25, 0.3) is 4.96 Å². The number of hydrogen-bond donors (Lipinski definition) is 1. The number of hydrogen-bond acceptors (Lipinski definition) is 7. The van der Waals surface area contributed by atoms with Gasteiger partial charge in [0.1, 0.15) is 6.20 Å². The van der Waals surface area contributed by atoms with Gasteiger partial charge >= 0.3 is 6.18 Å². The molecule has 0 saturated carbocycles. The highest BCUT2D eigenvalue weighted by atomic mass is 32.2. The van der Waals surface area contributed by atoms with E-state index in [0.717, 1.165) is 45.9 Å². The predicted molar refractivity (Wildman–Crippen MR) is 85.7 cm³/mol. The molecule has 0 fully saturated rings. The average molecular weight is 387 g/mol. The quantitative estimate of drug-likeness (QED) is 0.691. The van der Waals surface area contributed by atoms with Gasteiger partial charge in [-0.1, -0.05) is 29.2 Å². The number of thioether (sulfide) groups is 1. The fraction of sp³-hybridized carbons (Fsp3) is 0.154. The van der Waals surface area contributed by atoms with E-state index in [1.165, 1.54) is 12.1 Å². The minimum Gasteiger partial charge on any atom is -0.325 e. The largest absolute Gasteiger partial charge is 0.416 e. The number of benzene rings is 1. The van der Waals surface area contributed by atoms with E-state index in [0.29, 0.717) is 4.34 Å². The molecular formula is C13H8F3N5O2S2. The van der Waals surface area contributed by atoms with Crippen molar-refractivity contribution in [2.45, 2.75) is 10.5 Å². The van der Waals surface area contributed by atoms with Gasteiger partial charge in [-0.05, 0) is 18.2 Å². The van der Waals surface area contributed by atoms with Gasteiger partial charge in [0, 0.05) is 5.69 Å². The van der Waals surface area contributed by atoms with E-state index in [9.17, 15) is 22.8 Å². The summed E-state index contributed by atoms with van der Waals surface area (Å²) in [6, 6.07) is 4.36. The fourth-order valence-electron chi connectivity index (χ4n) is 1.81. The Morgan fingerprint density at radius 3 is 2.88 bits per heavy atom. The van der Waals surface area contributed by atoms with E-state index in [-0.39, 0.29) is 16.4 Å². The van der Waals surface area contributed by atoms with Crippen molar-refractivity contribution < 1.29 is 18.0 Å². The highest BCUT2D eigenvalue weighted by Gasteiger charge is 2.30. The van der Waals surface area contributed by atoms with Gasteiger partial charge < -0.3 is 5.32 Å². The summed E-state index contributed by atoms with van der Waals surface area (Å²) >= 11 is 2.12. The zero-order valence-electron chi connectivity index (χ0n) is 12.1. The zero-order valence-corrected chi connectivity index (χ0v) is 13.8. The number of aromatic nitrogens is 4. The summed E-state index contributed by atoms with van der Waals surface area (Å²) < 4.78 is 39.4. The van der Waals surface area contributed by atoms with Crippen molar-refractivity contribution in [1.29, 1.82) is 0 Å². The molecule has 3 rings (SSSR count). The van der Waals surface area contributed by atoms with Gasteiger partial charge in [-0.15, -0.1) is 10.2 Å². The number of anilines is 1. The molecule has 1 amide bonds. The molecule has 0 spiro atoms. The van der Waals surface area contributed by atoms with Crippen molar-refractivity contribution >= 4 is 39.7 Å². The van der Waals surface area contributed by atoms with E-state index in [1.54, 1.807) is 0 Å². The molecule has 2 heterocycles. The lowest BCUT2D eigenvalue weighted by molar-refractivity contribution is -0.137. The lowest BCUT2D eigenvalue weighted by Crippen LogP contribution is -2.15. The van der Waals surface area contributed by atoms with Gasteiger partial charge in [-0.25, -0.2) is 0 Å². The van der Waals surface area contributed by atoms with E-state index in [1.807, 2.05) is 0 Å². The van der Waals surface area contributed by atoms with Crippen LogP contribution in [0.15, 0.2) is 39.6 Å². The molecule has 12 heteroatoms. The summed E-state index contributed by atoms with van der Waals surface area (Å²) in [7, 11) is 0. The number of fused-ring (bicyclic) bond motifs is 1. The van der Waals surface area contributed by atoms with Gasteiger partial charge in [0.2, 0.25) is 10.9 Å². The monoisotopic (exact) mass is 387 g/mol. The second-order valence-corrected chi connectivity index (χ2v) is 6.84. The molecule has 0 bridgehead atoms. The summed E-state index contributed by atoms with van der Waals surface area (Å²) in [4.78, 5) is 23.7. The number of amides is 1. The van der Waals surface area contributed by atoms with E-state index in [2.05, 4.69) is 20.6 Å². The summed E-state index contributed by atoms with van der Waals surface area (Å²) in [6.07, 6.45) is -3.47. The first-order chi connectivity index (χ1) is 11.8. The van der Waals surface area contributed by atoms with Crippen LogP contribution in [0, 0.1) is 0 Å². The van der Waals surface area contributed by atoms with Crippen molar-refractivity contribution in [3.8, 4) is 0 Å². The van der Waals surface area contributed by atoms with E-state index < -0.39 is 23.2 Å². The van der Waals surface area contributed by atoms with Crippen LogP contribution in [0.2, 0.25) is 0 Å². The van der Waals surface area contributed by atoms with Crippen LogP contribution in [0.3, 0.4) is 0 Å². The third-order valence-corrected chi connectivity index (χ3v) is 4.89. The van der Waals surface area contributed by atoms with Crippen LogP contribution in [-0.2, 0) is 11.0 Å². The topological polar surface area (TPSA) is 89.3 Å². The first-order valence-electron chi connectivity index (χ1n) is 6.64. The number of carbonyl (C=O) groups is 1. The molecule has 2 aromatic heterocycles. The minimum absolute atomic E-state index is 0.0480. The number of nitrogens with one attached hydrogen (secondary N) is 1. The summed E-state index contributed by atoms with van der Waals surface area (Å²) in [5, 5.41) is 13.6. The van der Waals surface area contributed by atoms with Crippen LogP contribution in [0.1, 0.15) is 5.56 Å². The first kappa shape index (κ1) is 17.4. The number of nitrogens with zero attached hydrogens (tertiary/aromatic N) is 4. The fourth-order valence-corrected chi connectivity index (χ4v) is 3.50. The van der Waals surface area contributed by atoms with Crippen LogP contribution in [0.4, 0.5) is 18.9 Å². The number of carbonyl (C=O) groups excluding carboxylic acids is 1. The molecule has 0 atom stereocenters. The molecule has 0 unspecified atom stereocenters. The molecule has 7 nitrogen and oxygen atoms in total. The molecule has 1 N–H and O–H groups in total. The lowest BCUT2D eigenvalue weighted by Gasteiger charge is -2.09. The van der Waals surface area contributed by atoms with Crippen molar-refractivity contribution in [2.75, 3.05) is 11.1 Å². The maximum absolute atomic E-state index is 12.6. The third-order valence-electron chi connectivity index (χ3n) is 2.86. The van der Waals surface area contributed by atoms with Crippen molar-refractivity contribution in [2.24, 2.45) is 0 Å². The maximum atomic E-state index is 12.6. The van der Waals surface area contributed by atoms with Gasteiger partial charge in [-0.3, -0.25) is 9.59 Å². The van der Waals surface area contributed by atoms with Crippen LogP contribution >= 0.6 is 23.1 Å². The Morgan fingerprint density at radius 2 is 2.16 bits per heavy atom. The second-order valence-electron chi connectivity index (χ2n) is 4.66. The Hall–Kier alpha value is -2.47. The van der Waals surface area contributed by atoms with Crippen LogP contribution in [0.5, 0.6) is 0 Å². The van der Waals surface area contributed by atoms with Gasteiger partial charge in [0.25, 0.3) is 5.56 Å². The second kappa shape index (κ2) is 6.80. The molecule has 3 aromatic rings. The molecule has 25 heavy (non-hydrogen) atoms. The molecule has 0 aliphatic heterocycles. The molecule has 0 aliphatic carbocycles. The van der Waals surface area contributed by atoms with Crippen molar-refractivity contribution in [3.63, 3.8) is 0 Å². The van der Waals surface area contributed by atoms with E-state index in [4.69, 9.17) is 0 Å². The SMILES string of the molecule is O=C(CSc1nn2c(=O)cnnc2s1)Nc1cccc(C(F)(F)F)c1. The number of alkyl halides is 3. The summed E-state index contributed by atoms with van der Waals surface area (Å²) in [5.41, 5.74) is -1.24. The highest BCUT2D eigenvalue weighted by molar-refractivity contribution is 8.01. The minimum atomic E-state index is -4.48. The van der Waals surface area contributed by atoms with Gasteiger partial charge in [-0.2, -0.15) is 22.8 Å². The smallest absolute Gasteiger partial charge is 0.325 e. The average Bonchev–Trinajstić information content (AvgIpc) is 2.97. The molecule has 0 radical (unpaired) electrons. The molecule has 1 aromatic carbocycles. The molecule has 130 valence electrons. The Kier molecular flexibility index (Phi) is 4.72. The van der Waals surface area contributed by atoms with E-state index >= 15 is 0 Å². The normalized spacial score (nSPS) is 11.6. The van der Waals surface area contributed by atoms with Gasteiger partial charge in [0.15, 0.2) is 4.34 Å². The predicted octanol–water partition coefficient (Wildman–Crippen LogP) is 2.30. The Bertz CT molecular complexity index is 985. The molecule has 0 saturated heterocycles. The van der Waals surface area contributed by atoms with Crippen molar-refractivity contribution in [3.05, 3.63) is 46.4 Å². The van der Waals surface area contributed by atoms with Gasteiger partial charge in [0.05, 0.1) is 11.3 Å². The highest BCUT2D eigenvalue weighted by Crippen LogP contribution is 2.30.